The molecule has 1 amide bonds. The van der Waals surface area contributed by atoms with Crippen LogP contribution in [0.2, 0.25) is 0 Å². The third-order valence-corrected chi connectivity index (χ3v) is 5.36. The molecule has 3 nitrogen and oxygen atoms in total. The minimum atomic E-state index is 0.0652. The summed E-state index contributed by atoms with van der Waals surface area (Å²) >= 11 is 0. The molecule has 3 aromatic rings. The van der Waals surface area contributed by atoms with E-state index in [0.717, 1.165) is 36.4 Å². The van der Waals surface area contributed by atoms with E-state index in [1.807, 2.05) is 47.4 Å². The Balaban J connectivity index is 1.48. The Morgan fingerprint density at radius 2 is 1.82 bits per heavy atom. The number of carbonyl (C=O) groups is 1. The van der Waals surface area contributed by atoms with E-state index >= 15 is 0 Å². The largest absolute Gasteiger partial charge is 0.381 e. The van der Waals surface area contributed by atoms with Gasteiger partial charge in [0.1, 0.15) is 0 Å². The summed E-state index contributed by atoms with van der Waals surface area (Å²) in [5.41, 5.74) is 6.56. The van der Waals surface area contributed by atoms with Gasteiger partial charge >= 0.3 is 0 Å². The Labute approximate surface area is 167 Å². The monoisotopic (exact) mass is 370 g/mol. The van der Waals surface area contributed by atoms with Crippen LogP contribution in [0.3, 0.4) is 0 Å². The number of anilines is 2. The van der Waals surface area contributed by atoms with Gasteiger partial charge in [-0.25, -0.2) is 0 Å². The fraction of sp³-hybridized carbons (Fsp3) is 0.240. The van der Waals surface area contributed by atoms with E-state index in [2.05, 4.69) is 49.5 Å². The smallest absolute Gasteiger partial charge is 0.258 e. The highest BCUT2D eigenvalue weighted by atomic mass is 16.2. The third kappa shape index (κ3) is 3.79. The Kier molecular flexibility index (Phi) is 5.16. The van der Waals surface area contributed by atoms with E-state index in [-0.39, 0.29) is 5.91 Å². The molecule has 0 spiro atoms. The van der Waals surface area contributed by atoms with Gasteiger partial charge in [-0.05, 0) is 53.3 Å². The summed E-state index contributed by atoms with van der Waals surface area (Å²) in [6.45, 7) is 5.90. The Morgan fingerprint density at radius 3 is 2.68 bits per heavy atom. The fourth-order valence-electron chi connectivity index (χ4n) is 3.73. The average Bonchev–Trinajstić information content (AvgIpc) is 3.16. The van der Waals surface area contributed by atoms with E-state index in [4.69, 9.17) is 0 Å². The lowest BCUT2D eigenvalue weighted by atomic mass is 10.0. The predicted molar refractivity (Wildman–Crippen MR) is 116 cm³/mol. The van der Waals surface area contributed by atoms with Crippen LogP contribution in [0, 0.1) is 0 Å². The molecular weight excluding hydrogens is 344 g/mol. The predicted octanol–water partition coefficient (Wildman–Crippen LogP) is 5.63. The number of carbonyl (C=O) groups excluding carboxylic acids is 1. The van der Waals surface area contributed by atoms with Crippen molar-refractivity contribution in [1.29, 1.82) is 0 Å². The van der Waals surface area contributed by atoms with E-state index < -0.39 is 0 Å². The van der Waals surface area contributed by atoms with E-state index in [1.165, 1.54) is 16.7 Å². The van der Waals surface area contributed by atoms with Crippen LogP contribution in [0.5, 0.6) is 0 Å². The summed E-state index contributed by atoms with van der Waals surface area (Å²) in [6, 6.07) is 24.6. The molecule has 1 heterocycles. The topological polar surface area (TPSA) is 32.3 Å². The maximum Gasteiger partial charge on any atom is 0.258 e. The number of rotatable bonds is 5. The lowest BCUT2D eigenvalue weighted by molar-refractivity contribution is 0.0989. The van der Waals surface area contributed by atoms with Crippen LogP contribution in [0.1, 0.15) is 46.8 Å². The normalized spacial score (nSPS) is 12.9. The summed E-state index contributed by atoms with van der Waals surface area (Å²) < 4.78 is 0. The van der Waals surface area contributed by atoms with Crippen LogP contribution in [0.15, 0.2) is 72.8 Å². The first-order valence-electron chi connectivity index (χ1n) is 9.94. The molecular formula is C25H26N2O. The van der Waals surface area contributed by atoms with Gasteiger partial charge in [0.15, 0.2) is 0 Å². The number of amides is 1. The number of nitrogens with zero attached hydrogens (tertiary/aromatic N) is 1. The van der Waals surface area contributed by atoms with E-state index in [1.54, 1.807) is 0 Å². The van der Waals surface area contributed by atoms with Crippen LogP contribution < -0.4 is 10.2 Å². The number of nitrogens with one attached hydrogen (secondary N) is 1. The molecule has 1 N–H and O–H groups in total. The van der Waals surface area contributed by atoms with Crippen LogP contribution in [0.4, 0.5) is 11.4 Å². The standard InChI is InChI=1S/C25H26N2O/c1-18(2)21-9-5-7-19(15-21)17-26-23-11-6-10-22(16-23)25(28)27-14-13-20-8-3-4-12-24(20)27/h3-12,15-16,18,26H,13-14,17H2,1-2H3. The molecule has 0 radical (unpaired) electrons. The van der Waals surface area contributed by atoms with Crippen molar-refractivity contribution >= 4 is 17.3 Å². The zero-order valence-corrected chi connectivity index (χ0v) is 16.5. The minimum Gasteiger partial charge on any atom is -0.381 e. The fourth-order valence-corrected chi connectivity index (χ4v) is 3.73. The van der Waals surface area contributed by atoms with Crippen LogP contribution >= 0.6 is 0 Å². The second-order valence-corrected chi connectivity index (χ2v) is 7.67. The zero-order chi connectivity index (χ0) is 19.5. The van der Waals surface area contributed by atoms with Crippen LogP contribution in [-0.2, 0) is 13.0 Å². The van der Waals surface area contributed by atoms with Crippen molar-refractivity contribution < 1.29 is 4.79 Å². The Hall–Kier alpha value is -3.07. The summed E-state index contributed by atoms with van der Waals surface area (Å²) in [5.74, 6) is 0.583. The molecule has 0 saturated heterocycles. The van der Waals surface area contributed by atoms with Crippen molar-refractivity contribution in [2.45, 2.75) is 32.7 Å². The molecule has 3 heteroatoms. The van der Waals surface area contributed by atoms with Gasteiger partial charge in [-0.2, -0.15) is 0 Å². The molecule has 0 saturated carbocycles. The molecule has 1 aliphatic heterocycles. The van der Waals surface area contributed by atoms with Gasteiger partial charge in [0.2, 0.25) is 0 Å². The highest BCUT2D eigenvalue weighted by Gasteiger charge is 2.25. The van der Waals surface area contributed by atoms with Crippen molar-refractivity contribution in [3.8, 4) is 0 Å². The summed E-state index contributed by atoms with van der Waals surface area (Å²) in [6.07, 6.45) is 0.923. The first-order chi connectivity index (χ1) is 13.6. The minimum absolute atomic E-state index is 0.0652. The van der Waals surface area contributed by atoms with Crippen molar-refractivity contribution in [2.24, 2.45) is 0 Å². The molecule has 0 aromatic heterocycles. The second kappa shape index (κ2) is 7.89. The summed E-state index contributed by atoms with van der Waals surface area (Å²) in [5, 5.41) is 3.46. The molecule has 0 atom stereocenters. The first kappa shape index (κ1) is 18.3. The lowest BCUT2D eigenvalue weighted by Gasteiger charge is -2.18. The molecule has 1 aliphatic rings. The van der Waals surface area contributed by atoms with Crippen molar-refractivity contribution in [3.05, 3.63) is 95.1 Å². The maximum atomic E-state index is 13.1. The highest BCUT2D eigenvalue weighted by molar-refractivity contribution is 6.07. The van der Waals surface area contributed by atoms with Gasteiger partial charge in [0, 0.05) is 30.0 Å². The third-order valence-electron chi connectivity index (χ3n) is 5.36. The Morgan fingerprint density at radius 1 is 1.00 bits per heavy atom. The zero-order valence-electron chi connectivity index (χ0n) is 16.5. The van der Waals surface area contributed by atoms with Crippen molar-refractivity contribution in [1.82, 2.24) is 0 Å². The van der Waals surface area contributed by atoms with Gasteiger partial charge in [-0.15, -0.1) is 0 Å². The lowest BCUT2D eigenvalue weighted by Crippen LogP contribution is -2.28. The van der Waals surface area contributed by atoms with Gasteiger partial charge in [-0.1, -0.05) is 62.4 Å². The average molecular weight is 370 g/mol. The van der Waals surface area contributed by atoms with Crippen molar-refractivity contribution in [2.75, 3.05) is 16.8 Å². The Bertz CT molecular complexity index is 993. The van der Waals surface area contributed by atoms with Gasteiger partial charge in [0.25, 0.3) is 5.91 Å². The second-order valence-electron chi connectivity index (χ2n) is 7.67. The SMILES string of the molecule is CC(C)c1cccc(CNc2cccc(C(=O)N3CCc4ccccc43)c2)c1. The van der Waals surface area contributed by atoms with E-state index in [0.29, 0.717) is 5.92 Å². The van der Waals surface area contributed by atoms with Gasteiger partial charge in [0.05, 0.1) is 0 Å². The first-order valence-corrected chi connectivity index (χ1v) is 9.94. The maximum absolute atomic E-state index is 13.1. The molecule has 142 valence electrons. The molecule has 0 unspecified atom stereocenters. The number of fused-ring (bicyclic) bond motifs is 1. The number of benzene rings is 3. The summed E-state index contributed by atoms with van der Waals surface area (Å²) in [7, 11) is 0. The van der Waals surface area contributed by atoms with E-state index in [9.17, 15) is 4.79 Å². The quantitative estimate of drug-likeness (QED) is 0.632. The summed E-state index contributed by atoms with van der Waals surface area (Å²) in [4.78, 5) is 14.9. The number of hydrogen-bond acceptors (Lipinski definition) is 2. The molecule has 4 rings (SSSR count). The molecule has 28 heavy (non-hydrogen) atoms. The molecule has 3 aromatic carbocycles. The van der Waals surface area contributed by atoms with Crippen molar-refractivity contribution in [3.63, 3.8) is 0 Å². The van der Waals surface area contributed by atoms with Crippen LogP contribution in [-0.4, -0.2) is 12.5 Å². The highest BCUT2D eigenvalue weighted by Crippen LogP contribution is 2.29. The molecule has 0 fully saturated rings. The number of hydrogen-bond donors (Lipinski definition) is 1. The molecule has 0 bridgehead atoms. The number of para-hydroxylation sites is 1. The van der Waals surface area contributed by atoms with Gasteiger partial charge in [-0.3, -0.25) is 4.79 Å². The molecule has 0 aliphatic carbocycles. The van der Waals surface area contributed by atoms with Gasteiger partial charge < -0.3 is 10.2 Å². The van der Waals surface area contributed by atoms with Crippen LogP contribution in [0.25, 0.3) is 0 Å².